The molecule has 32 heavy (non-hydrogen) atoms. The number of thiazole rings is 1. The third kappa shape index (κ3) is 4.25. The first-order chi connectivity index (χ1) is 15.3. The van der Waals surface area contributed by atoms with Crippen molar-refractivity contribution in [3.8, 4) is 0 Å². The van der Waals surface area contributed by atoms with Gasteiger partial charge in [-0.05, 0) is 37.3 Å². The Hall–Kier alpha value is -2.82. The molecule has 0 atom stereocenters. The smallest absolute Gasteiger partial charge is 0.260 e. The molecule has 1 aliphatic heterocycles. The zero-order chi connectivity index (χ0) is 22.9. The number of amides is 2. The fraction of sp³-hybridized carbons (Fsp3) is 0.318. The van der Waals surface area contributed by atoms with Crippen LogP contribution in [0.1, 0.15) is 24.2 Å². The van der Waals surface area contributed by atoms with Gasteiger partial charge in [0.05, 0.1) is 15.1 Å². The zero-order valence-electron chi connectivity index (χ0n) is 17.9. The van der Waals surface area contributed by atoms with E-state index >= 15 is 0 Å². The van der Waals surface area contributed by atoms with Crippen LogP contribution in [0.4, 0.5) is 5.13 Å². The summed E-state index contributed by atoms with van der Waals surface area (Å²) in [6.07, 6.45) is 0. The molecule has 4 rings (SSSR count). The molecule has 2 heterocycles. The number of rotatable bonds is 5. The summed E-state index contributed by atoms with van der Waals surface area (Å²) in [5, 5.41) is 0.576. The SMILES string of the molecule is CCN(C(=O)c1cccc(S(=O)(=O)N2CCN(C(C)=O)CC2)c1)c1nc2ccccc2s1. The van der Waals surface area contributed by atoms with Crippen LogP contribution in [0.25, 0.3) is 10.2 Å². The highest BCUT2D eigenvalue weighted by atomic mass is 32.2. The molecule has 1 fully saturated rings. The number of sulfonamides is 1. The number of hydrogen-bond donors (Lipinski definition) is 0. The van der Waals surface area contributed by atoms with Crippen molar-refractivity contribution < 1.29 is 18.0 Å². The molecule has 0 radical (unpaired) electrons. The minimum Gasteiger partial charge on any atom is -0.340 e. The van der Waals surface area contributed by atoms with Crippen LogP contribution < -0.4 is 4.90 Å². The molecular weight excluding hydrogens is 448 g/mol. The highest BCUT2D eigenvalue weighted by Crippen LogP contribution is 2.30. The van der Waals surface area contributed by atoms with Gasteiger partial charge in [-0.3, -0.25) is 14.5 Å². The largest absolute Gasteiger partial charge is 0.340 e. The van der Waals surface area contributed by atoms with E-state index in [9.17, 15) is 18.0 Å². The first-order valence-corrected chi connectivity index (χ1v) is 12.6. The average Bonchev–Trinajstić information content (AvgIpc) is 3.23. The quantitative estimate of drug-likeness (QED) is 0.570. The summed E-state index contributed by atoms with van der Waals surface area (Å²) >= 11 is 1.42. The zero-order valence-corrected chi connectivity index (χ0v) is 19.5. The molecule has 0 unspecified atom stereocenters. The van der Waals surface area contributed by atoms with Crippen molar-refractivity contribution in [1.82, 2.24) is 14.2 Å². The molecule has 2 amide bonds. The number of anilines is 1. The molecule has 1 aliphatic rings. The normalized spacial score (nSPS) is 15.1. The van der Waals surface area contributed by atoms with Crippen molar-refractivity contribution in [3.05, 3.63) is 54.1 Å². The first kappa shape index (κ1) is 22.4. The van der Waals surface area contributed by atoms with E-state index in [0.29, 0.717) is 24.8 Å². The lowest BCUT2D eigenvalue weighted by atomic mass is 10.2. The molecular formula is C22H24N4O4S2. The van der Waals surface area contributed by atoms with E-state index in [1.54, 1.807) is 21.9 Å². The molecule has 0 bridgehead atoms. The van der Waals surface area contributed by atoms with Gasteiger partial charge in [0.2, 0.25) is 15.9 Å². The topological polar surface area (TPSA) is 90.9 Å². The minimum atomic E-state index is -3.77. The predicted molar refractivity (Wildman–Crippen MR) is 124 cm³/mol. The van der Waals surface area contributed by atoms with E-state index in [-0.39, 0.29) is 35.4 Å². The number of carbonyl (C=O) groups excluding carboxylic acids is 2. The van der Waals surface area contributed by atoms with Gasteiger partial charge >= 0.3 is 0 Å². The van der Waals surface area contributed by atoms with Gasteiger partial charge < -0.3 is 4.90 Å². The maximum absolute atomic E-state index is 13.3. The van der Waals surface area contributed by atoms with E-state index in [1.807, 2.05) is 31.2 Å². The second-order valence-electron chi connectivity index (χ2n) is 7.45. The summed E-state index contributed by atoms with van der Waals surface area (Å²) in [6, 6.07) is 13.8. The Labute approximate surface area is 191 Å². The van der Waals surface area contributed by atoms with Gasteiger partial charge in [-0.2, -0.15) is 4.31 Å². The maximum Gasteiger partial charge on any atom is 0.260 e. The summed E-state index contributed by atoms with van der Waals surface area (Å²) in [4.78, 5) is 32.6. The van der Waals surface area contributed by atoms with E-state index < -0.39 is 10.0 Å². The molecule has 1 saturated heterocycles. The average molecular weight is 473 g/mol. The third-order valence-corrected chi connectivity index (χ3v) is 8.43. The first-order valence-electron chi connectivity index (χ1n) is 10.3. The van der Waals surface area contributed by atoms with Crippen LogP contribution in [0.3, 0.4) is 0 Å². The minimum absolute atomic E-state index is 0.0656. The number of hydrogen-bond acceptors (Lipinski definition) is 6. The van der Waals surface area contributed by atoms with Crippen LogP contribution in [-0.2, 0) is 14.8 Å². The molecule has 168 valence electrons. The van der Waals surface area contributed by atoms with E-state index in [0.717, 1.165) is 10.2 Å². The number of benzene rings is 2. The van der Waals surface area contributed by atoms with Crippen molar-refractivity contribution in [3.63, 3.8) is 0 Å². The lowest BCUT2D eigenvalue weighted by Crippen LogP contribution is -2.49. The molecule has 0 spiro atoms. The van der Waals surface area contributed by atoms with Crippen molar-refractivity contribution in [2.45, 2.75) is 18.7 Å². The van der Waals surface area contributed by atoms with Gasteiger partial charge in [0.1, 0.15) is 0 Å². The van der Waals surface area contributed by atoms with E-state index in [1.165, 1.54) is 34.7 Å². The highest BCUT2D eigenvalue weighted by molar-refractivity contribution is 7.89. The molecule has 8 nitrogen and oxygen atoms in total. The Morgan fingerprint density at radius 1 is 1.06 bits per heavy atom. The Morgan fingerprint density at radius 3 is 2.44 bits per heavy atom. The van der Waals surface area contributed by atoms with Crippen molar-refractivity contribution in [2.75, 3.05) is 37.6 Å². The molecule has 0 saturated carbocycles. The van der Waals surface area contributed by atoms with Gasteiger partial charge in [0.15, 0.2) is 5.13 Å². The standard InChI is InChI=1S/C22H24N4O4S2/c1-3-26(22-23-19-9-4-5-10-20(19)31-22)21(28)17-7-6-8-18(15-17)32(29,30)25-13-11-24(12-14-25)16(2)27/h4-10,15H,3,11-14H2,1-2H3. The number of fused-ring (bicyclic) bond motifs is 1. The fourth-order valence-electron chi connectivity index (χ4n) is 3.68. The van der Waals surface area contributed by atoms with Gasteiger partial charge in [-0.25, -0.2) is 13.4 Å². The molecule has 0 aliphatic carbocycles. The van der Waals surface area contributed by atoms with Gasteiger partial charge in [-0.1, -0.05) is 29.5 Å². The van der Waals surface area contributed by atoms with Gasteiger partial charge in [0.25, 0.3) is 5.91 Å². The maximum atomic E-state index is 13.3. The molecule has 1 aromatic heterocycles. The van der Waals surface area contributed by atoms with Crippen LogP contribution >= 0.6 is 11.3 Å². The Morgan fingerprint density at radius 2 is 1.78 bits per heavy atom. The van der Waals surface area contributed by atoms with Crippen LogP contribution in [0, 0.1) is 0 Å². The summed E-state index contributed by atoms with van der Waals surface area (Å²) < 4.78 is 28.6. The third-order valence-electron chi connectivity index (χ3n) is 5.48. The van der Waals surface area contributed by atoms with Crippen LogP contribution in [-0.4, -0.2) is 67.1 Å². The number of nitrogens with zero attached hydrogens (tertiary/aromatic N) is 4. The molecule has 3 aromatic rings. The molecule has 2 aromatic carbocycles. The monoisotopic (exact) mass is 472 g/mol. The lowest BCUT2D eigenvalue weighted by Gasteiger charge is -2.33. The highest BCUT2D eigenvalue weighted by Gasteiger charge is 2.30. The van der Waals surface area contributed by atoms with Gasteiger partial charge in [-0.15, -0.1) is 0 Å². The summed E-state index contributed by atoms with van der Waals surface area (Å²) in [6.45, 7) is 4.91. The van der Waals surface area contributed by atoms with Crippen molar-refractivity contribution >= 4 is 48.5 Å². The number of piperazine rings is 1. The van der Waals surface area contributed by atoms with Gasteiger partial charge in [0, 0.05) is 45.2 Å². The number of para-hydroxylation sites is 1. The molecule has 10 heteroatoms. The van der Waals surface area contributed by atoms with Crippen LogP contribution in [0.15, 0.2) is 53.4 Å². The predicted octanol–water partition coefficient (Wildman–Crippen LogP) is 2.82. The van der Waals surface area contributed by atoms with Crippen LogP contribution in [0.2, 0.25) is 0 Å². The summed E-state index contributed by atoms with van der Waals surface area (Å²) in [5.74, 6) is -0.367. The van der Waals surface area contributed by atoms with E-state index in [4.69, 9.17) is 0 Å². The Bertz CT molecular complexity index is 1230. The lowest BCUT2D eigenvalue weighted by molar-refractivity contribution is -0.129. The van der Waals surface area contributed by atoms with Crippen molar-refractivity contribution in [2.24, 2.45) is 0 Å². The fourth-order valence-corrected chi connectivity index (χ4v) is 6.18. The summed E-state index contributed by atoms with van der Waals surface area (Å²) in [7, 11) is -3.77. The van der Waals surface area contributed by atoms with Crippen molar-refractivity contribution in [1.29, 1.82) is 0 Å². The number of aromatic nitrogens is 1. The van der Waals surface area contributed by atoms with E-state index in [2.05, 4.69) is 4.98 Å². The second kappa shape index (κ2) is 8.97. The molecule has 0 N–H and O–H groups in total. The Kier molecular flexibility index (Phi) is 6.27. The van der Waals surface area contributed by atoms with Crippen LogP contribution in [0.5, 0.6) is 0 Å². The second-order valence-corrected chi connectivity index (χ2v) is 10.4. The Balaban J connectivity index is 1.58. The number of carbonyl (C=O) groups is 2. The summed E-state index contributed by atoms with van der Waals surface area (Å²) in [5.41, 5.74) is 1.11.